The second-order valence-electron chi connectivity index (χ2n) is 1.83. The molecule has 0 heterocycles. The van der Waals surface area contributed by atoms with Crippen LogP contribution in [0.5, 0.6) is 0 Å². The van der Waals surface area contributed by atoms with E-state index in [1.54, 1.807) is 0 Å². The highest BCUT2D eigenvalue weighted by Crippen LogP contribution is 1.98. The van der Waals surface area contributed by atoms with Crippen LogP contribution in [0.4, 0.5) is 0 Å². The van der Waals surface area contributed by atoms with Crippen LogP contribution in [-0.4, -0.2) is 24.9 Å². The molecule has 0 amide bonds. The van der Waals surface area contributed by atoms with Crippen LogP contribution in [0.1, 0.15) is 13.3 Å². The molecule has 0 aromatic carbocycles. The lowest BCUT2D eigenvalue weighted by molar-refractivity contribution is 0.466. The van der Waals surface area contributed by atoms with Gasteiger partial charge in [0.05, 0.1) is 0 Å². The van der Waals surface area contributed by atoms with Crippen LogP contribution in [-0.2, 0) is 10.3 Å². The Labute approximate surface area is 65.5 Å². The summed E-state index contributed by atoms with van der Waals surface area (Å²) in [6, 6.07) is 0. The molecule has 6 heteroatoms. The first-order chi connectivity index (χ1) is 4.45. The molecule has 0 fully saturated rings. The maximum absolute atomic E-state index is 10.0. The molecule has 4 nitrogen and oxygen atoms in total. The fraction of sp³-hybridized carbons (Fsp3) is 1.00. The van der Waals surface area contributed by atoms with Crippen LogP contribution < -0.4 is 4.72 Å². The first kappa shape index (κ1) is 10.2. The van der Waals surface area contributed by atoms with Gasteiger partial charge in [0, 0.05) is 11.9 Å². The summed E-state index contributed by atoms with van der Waals surface area (Å²) < 4.78 is 30.1. The van der Waals surface area contributed by atoms with Crippen molar-refractivity contribution in [2.24, 2.45) is 0 Å². The van der Waals surface area contributed by atoms with Gasteiger partial charge in [0.25, 0.3) is 0 Å². The molecule has 0 bridgehead atoms. The highest BCUT2D eigenvalue weighted by molar-refractivity contribution is 7.83. The zero-order valence-corrected chi connectivity index (χ0v) is 7.11. The van der Waals surface area contributed by atoms with Gasteiger partial charge in [-0.15, -0.1) is 11.6 Å². The third-order valence-electron chi connectivity index (χ3n) is 0.930. The van der Waals surface area contributed by atoms with E-state index in [-0.39, 0.29) is 11.9 Å². The summed E-state index contributed by atoms with van der Waals surface area (Å²) in [4.78, 5) is 0. The van der Waals surface area contributed by atoms with Crippen molar-refractivity contribution in [1.82, 2.24) is 4.72 Å². The Bertz CT molecular complexity index is 179. The van der Waals surface area contributed by atoms with Crippen molar-refractivity contribution >= 4 is 21.9 Å². The predicted octanol–water partition coefficient (Wildman–Crippen LogP) is 0.396. The van der Waals surface area contributed by atoms with E-state index >= 15 is 0 Å². The molecule has 10 heavy (non-hydrogen) atoms. The molecular weight excluding hydrogens is 178 g/mol. The molecule has 0 aromatic heterocycles. The van der Waals surface area contributed by atoms with Crippen LogP contribution in [0.2, 0.25) is 0 Å². The quantitative estimate of drug-likeness (QED) is 0.495. The molecule has 0 aliphatic carbocycles. The molecule has 0 spiro atoms. The van der Waals surface area contributed by atoms with E-state index in [4.69, 9.17) is 16.2 Å². The number of nitrogens with one attached hydrogen (secondary N) is 1. The van der Waals surface area contributed by atoms with Gasteiger partial charge in [0.1, 0.15) is 0 Å². The number of halogens is 1. The van der Waals surface area contributed by atoms with Crippen molar-refractivity contribution in [2.45, 2.75) is 18.7 Å². The van der Waals surface area contributed by atoms with Crippen LogP contribution in [0, 0.1) is 0 Å². The maximum atomic E-state index is 10.0. The van der Waals surface area contributed by atoms with E-state index < -0.39 is 10.3 Å². The van der Waals surface area contributed by atoms with Crippen LogP contribution in [0.15, 0.2) is 0 Å². The Hall–Kier alpha value is 0.160. The smallest absolute Gasteiger partial charge is 0.273 e. The second-order valence-corrected chi connectivity index (χ2v) is 3.69. The number of rotatable bonds is 4. The van der Waals surface area contributed by atoms with Gasteiger partial charge in [-0.05, 0) is 6.42 Å². The summed E-state index contributed by atoms with van der Waals surface area (Å²) in [5.74, 6) is 0. The largest absolute Gasteiger partial charge is 0.333 e. The van der Waals surface area contributed by atoms with E-state index in [1.807, 2.05) is 11.6 Å². The van der Waals surface area contributed by atoms with Crippen LogP contribution in [0.3, 0.4) is 0 Å². The summed E-state index contributed by atoms with van der Waals surface area (Å²) >= 11 is 5.53. The minimum Gasteiger partial charge on any atom is -0.273 e. The fourth-order valence-corrected chi connectivity index (χ4v) is 0.921. The van der Waals surface area contributed by atoms with Gasteiger partial charge in [0.2, 0.25) is 0 Å². The Morgan fingerprint density at radius 1 is 1.70 bits per heavy atom. The Morgan fingerprint density at radius 3 is 2.50 bits per heavy atom. The highest BCUT2D eigenvalue weighted by atomic mass is 35.5. The van der Waals surface area contributed by atoms with Crippen molar-refractivity contribution in [3.63, 3.8) is 0 Å². The minimum absolute atomic E-state index is 0.0664. The minimum atomic E-state index is -4.06. The number of alkyl halides is 1. The summed E-state index contributed by atoms with van der Waals surface area (Å²) in [7, 11) is -4.06. The Kier molecular flexibility index (Phi) is 4.19. The Balaban J connectivity index is 3.56. The van der Waals surface area contributed by atoms with Crippen molar-refractivity contribution < 1.29 is 13.0 Å². The first-order valence-electron chi connectivity index (χ1n) is 2.82. The van der Waals surface area contributed by atoms with Gasteiger partial charge in [0.15, 0.2) is 0 Å². The molecule has 0 saturated carbocycles. The topological polar surface area (TPSA) is 66.4 Å². The van der Waals surface area contributed by atoms with Crippen LogP contribution in [0.25, 0.3) is 0 Å². The molecule has 62 valence electrons. The second kappa shape index (κ2) is 4.12. The van der Waals surface area contributed by atoms with Gasteiger partial charge in [-0.3, -0.25) is 4.55 Å². The average Bonchev–Trinajstić information content (AvgIpc) is 1.81. The molecule has 1 unspecified atom stereocenters. The van der Waals surface area contributed by atoms with E-state index in [0.29, 0.717) is 6.42 Å². The van der Waals surface area contributed by atoms with Crippen molar-refractivity contribution in [3.05, 3.63) is 0 Å². The lowest BCUT2D eigenvalue weighted by Crippen LogP contribution is -2.28. The Morgan fingerprint density at radius 2 is 2.20 bits per heavy atom. The monoisotopic (exact) mass is 187 g/mol. The zero-order valence-electron chi connectivity index (χ0n) is 5.54. The van der Waals surface area contributed by atoms with Crippen molar-refractivity contribution in [3.8, 4) is 0 Å². The van der Waals surface area contributed by atoms with Gasteiger partial charge < -0.3 is 0 Å². The van der Waals surface area contributed by atoms with E-state index in [1.165, 1.54) is 0 Å². The van der Waals surface area contributed by atoms with E-state index in [0.717, 1.165) is 0 Å². The number of hydrogen-bond acceptors (Lipinski definition) is 2. The molecule has 0 saturated heterocycles. The predicted molar refractivity (Wildman–Crippen MR) is 39.5 cm³/mol. The number of hydrogen-bond donors (Lipinski definition) is 2. The molecule has 0 aromatic rings. The standard InChI is InChI=1S/C4H10ClNO3S/c1-2-4(5)3-6-10(7,8)9/h4,6H,2-3H2,1H3,(H,7,8,9). The summed E-state index contributed by atoms with van der Waals surface area (Å²) in [5.41, 5.74) is 0. The summed E-state index contributed by atoms with van der Waals surface area (Å²) in [5, 5.41) is -0.262. The SMILES string of the molecule is CCC(Cl)CNS(=O)(=O)O. The normalized spacial score (nSPS) is 15.1. The molecule has 0 aliphatic rings. The molecule has 0 aliphatic heterocycles. The third kappa shape index (κ3) is 6.28. The molecule has 0 radical (unpaired) electrons. The summed E-state index contributed by atoms with van der Waals surface area (Å²) in [6.45, 7) is 1.89. The van der Waals surface area contributed by atoms with Gasteiger partial charge >= 0.3 is 10.3 Å². The first-order valence-corrected chi connectivity index (χ1v) is 4.69. The lowest BCUT2D eigenvalue weighted by Gasteiger charge is -2.04. The van der Waals surface area contributed by atoms with Gasteiger partial charge in [-0.2, -0.15) is 13.1 Å². The zero-order chi connectivity index (χ0) is 8.20. The molecular formula is C4H10ClNO3S. The average molecular weight is 188 g/mol. The van der Waals surface area contributed by atoms with Crippen molar-refractivity contribution in [1.29, 1.82) is 0 Å². The molecule has 0 rings (SSSR count). The van der Waals surface area contributed by atoms with Crippen LogP contribution >= 0.6 is 11.6 Å². The summed E-state index contributed by atoms with van der Waals surface area (Å²) in [6.07, 6.45) is 0.657. The van der Waals surface area contributed by atoms with Crippen molar-refractivity contribution in [2.75, 3.05) is 6.54 Å². The van der Waals surface area contributed by atoms with E-state index in [2.05, 4.69) is 0 Å². The maximum Gasteiger partial charge on any atom is 0.333 e. The molecule has 2 N–H and O–H groups in total. The fourth-order valence-electron chi connectivity index (χ4n) is 0.340. The van der Waals surface area contributed by atoms with Gasteiger partial charge in [-0.1, -0.05) is 6.92 Å². The third-order valence-corrected chi connectivity index (χ3v) is 1.92. The highest BCUT2D eigenvalue weighted by Gasteiger charge is 2.06. The lowest BCUT2D eigenvalue weighted by atomic mass is 10.3. The van der Waals surface area contributed by atoms with E-state index in [9.17, 15) is 8.42 Å². The molecule has 1 atom stereocenters. The van der Waals surface area contributed by atoms with Gasteiger partial charge in [-0.25, -0.2) is 0 Å².